The molecule has 8 nitrogen and oxygen atoms in total. The summed E-state index contributed by atoms with van der Waals surface area (Å²) in [6, 6.07) is 13.9. The highest BCUT2D eigenvalue weighted by atomic mass is 16.5. The molecule has 3 heterocycles. The first-order valence-electron chi connectivity index (χ1n) is 9.23. The van der Waals surface area contributed by atoms with Gasteiger partial charge in [-0.2, -0.15) is 5.26 Å². The van der Waals surface area contributed by atoms with E-state index >= 15 is 0 Å². The normalized spacial score (nSPS) is 10.8. The number of rotatable bonds is 5. The van der Waals surface area contributed by atoms with Crippen LogP contribution in [0.25, 0.3) is 16.7 Å². The van der Waals surface area contributed by atoms with Crippen molar-refractivity contribution in [2.75, 3.05) is 14.2 Å². The topological polar surface area (TPSA) is 98.6 Å². The van der Waals surface area contributed by atoms with Crippen LogP contribution in [0, 0.1) is 11.3 Å². The van der Waals surface area contributed by atoms with Gasteiger partial charge in [0.05, 0.1) is 19.6 Å². The number of ether oxygens (including phenoxy) is 2. The van der Waals surface area contributed by atoms with Crippen molar-refractivity contribution >= 4 is 16.7 Å². The predicted molar refractivity (Wildman–Crippen MR) is 111 cm³/mol. The molecule has 1 aromatic carbocycles. The van der Waals surface area contributed by atoms with Gasteiger partial charge in [0, 0.05) is 12.7 Å². The molecule has 0 N–H and O–H groups in total. The Kier molecular flexibility index (Phi) is 4.94. The van der Waals surface area contributed by atoms with E-state index in [1.54, 1.807) is 44.7 Å². The Morgan fingerprint density at radius 3 is 2.57 bits per heavy atom. The molecule has 0 saturated carbocycles. The molecule has 0 aliphatic rings. The Balaban J connectivity index is 1.86. The summed E-state index contributed by atoms with van der Waals surface area (Å²) in [7, 11) is 3.11. The van der Waals surface area contributed by atoms with E-state index in [9.17, 15) is 14.9 Å². The monoisotopic (exact) mass is 402 g/mol. The van der Waals surface area contributed by atoms with Gasteiger partial charge in [-0.1, -0.05) is 12.1 Å². The zero-order chi connectivity index (χ0) is 21.3. The first-order chi connectivity index (χ1) is 14.6. The average molecular weight is 402 g/mol. The van der Waals surface area contributed by atoms with Gasteiger partial charge in [0.2, 0.25) is 0 Å². The molecule has 3 aromatic heterocycles. The fraction of sp³-hybridized carbons (Fsp3) is 0.182. The second-order valence-electron chi connectivity index (χ2n) is 6.65. The SMILES string of the molecule is COc1ccc(CCn2c(=O)c(C#N)cc3c(=O)n4ccccc4nc32)cc1OC. The molecule has 0 saturated heterocycles. The lowest BCUT2D eigenvalue weighted by molar-refractivity contribution is 0.354. The summed E-state index contributed by atoms with van der Waals surface area (Å²) < 4.78 is 13.4. The maximum absolute atomic E-state index is 12.9. The summed E-state index contributed by atoms with van der Waals surface area (Å²) in [4.78, 5) is 30.3. The van der Waals surface area contributed by atoms with Gasteiger partial charge in [0.25, 0.3) is 11.1 Å². The van der Waals surface area contributed by atoms with Crippen molar-refractivity contribution in [3.8, 4) is 17.6 Å². The van der Waals surface area contributed by atoms with Crippen LogP contribution in [-0.4, -0.2) is 28.2 Å². The molecular weight excluding hydrogens is 384 g/mol. The van der Waals surface area contributed by atoms with E-state index in [1.165, 1.54) is 15.0 Å². The summed E-state index contributed by atoms with van der Waals surface area (Å²) in [5.74, 6) is 1.19. The molecule has 0 spiro atoms. The zero-order valence-electron chi connectivity index (χ0n) is 16.5. The summed E-state index contributed by atoms with van der Waals surface area (Å²) in [5, 5.41) is 9.62. The van der Waals surface area contributed by atoms with E-state index in [2.05, 4.69) is 4.98 Å². The van der Waals surface area contributed by atoms with Crippen molar-refractivity contribution in [1.82, 2.24) is 14.0 Å². The van der Waals surface area contributed by atoms with Gasteiger partial charge in [-0.3, -0.25) is 18.6 Å². The van der Waals surface area contributed by atoms with Crippen LogP contribution in [0.3, 0.4) is 0 Å². The Morgan fingerprint density at radius 2 is 1.83 bits per heavy atom. The van der Waals surface area contributed by atoms with Crippen molar-refractivity contribution in [2.24, 2.45) is 0 Å². The van der Waals surface area contributed by atoms with Gasteiger partial charge >= 0.3 is 0 Å². The van der Waals surface area contributed by atoms with Crippen LogP contribution in [0.2, 0.25) is 0 Å². The molecule has 30 heavy (non-hydrogen) atoms. The number of aryl methyl sites for hydroxylation is 2. The van der Waals surface area contributed by atoms with Crippen LogP contribution in [0.4, 0.5) is 0 Å². The molecule has 4 aromatic rings. The number of pyridine rings is 2. The fourth-order valence-electron chi connectivity index (χ4n) is 3.44. The van der Waals surface area contributed by atoms with Crippen molar-refractivity contribution in [3.05, 3.63) is 80.5 Å². The smallest absolute Gasteiger partial charge is 0.270 e. The second kappa shape index (κ2) is 7.72. The van der Waals surface area contributed by atoms with E-state index in [0.29, 0.717) is 23.6 Å². The highest BCUT2D eigenvalue weighted by Gasteiger charge is 2.15. The third-order valence-electron chi connectivity index (χ3n) is 4.96. The molecule has 0 unspecified atom stereocenters. The molecule has 0 amide bonds. The Bertz CT molecular complexity index is 1430. The van der Waals surface area contributed by atoms with Crippen molar-refractivity contribution in [2.45, 2.75) is 13.0 Å². The first-order valence-corrected chi connectivity index (χ1v) is 9.23. The average Bonchev–Trinajstić information content (AvgIpc) is 2.78. The Hall–Kier alpha value is -4.12. The Morgan fingerprint density at radius 1 is 1.03 bits per heavy atom. The molecule has 0 aliphatic heterocycles. The van der Waals surface area contributed by atoms with Gasteiger partial charge in [-0.15, -0.1) is 0 Å². The van der Waals surface area contributed by atoms with E-state index in [1.807, 2.05) is 18.2 Å². The van der Waals surface area contributed by atoms with E-state index in [-0.39, 0.29) is 28.7 Å². The van der Waals surface area contributed by atoms with Crippen LogP contribution >= 0.6 is 0 Å². The molecule has 8 heteroatoms. The lowest BCUT2D eigenvalue weighted by Gasteiger charge is -2.13. The largest absolute Gasteiger partial charge is 0.493 e. The van der Waals surface area contributed by atoms with Crippen LogP contribution in [0.15, 0.2) is 58.3 Å². The van der Waals surface area contributed by atoms with Gasteiger partial charge in [-0.25, -0.2) is 4.98 Å². The van der Waals surface area contributed by atoms with E-state index in [4.69, 9.17) is 9.47 Å². The molecular formula is C22H18N4O4. The quantitative estimate of drug-likeness (QED) is 0.474. The third-order valence-corrected chi connectivity index (χ3v) is 4.96. The predicted octanol–water partition coefficient (Wildman–Crippen LogP) is 2.14. The van der Waals surface area contributed by atoms with Crippen LogP contribution in [-0.2, 0) is 13.0 Å². The minimum absolute atomic E-state index is 0.0930. The van der Waals surface area contributed by atoms with Gasteiger partial charge < -0.3 is 9.47 Å². The van der Waals surface area contributed by atoms with Crippen LogP contribution in [0.5, 0.6) is 11.5 Å². The summed E-state index contributed by atoms with van der Waals surface area (Å²) in [5.41, 5.74) is 0.705. The highest BCUT2D eigenvalue weighted by molar-refractivity contribution is 5.77. The third kappa shape index (κ3) is 3.16. The van der Waals surface area contributed by atoms with E-state index < -0.39 is 5.56 Å². The van der Waals surface area contributed by atoms with Gasteiger partial charge in [0.15, 0.2) is 17.1 Å². The standard InChI is InChI=1S/C22H18N4O4/c1-29-17-7-6-14(11-18(17)30-2)8-10-26-20-16(12-15(13-23)21(26)27)22(28)25-9-4-3-5-19(25)24-20/h3-7,9,11-12H,8,10H2,1-2H3. The minimum Gasteiger partial charge on any atom is -0.493 e. The first kappa shape index (κ1) is 19.2. The number of hydrogen-bond donors (Lipinski definition) is 0. The maximum Gasteiger partial charge on any atom is 0.270 e. The molecule has 4 rings (SSSR count). The molecule has 150 valence electrons. The van der Waals surface area contributed by atoms with Crippen molar-refractivity contribution in [3.63, 3.8) is 0 Å². The molecule has 0 atom stereocenters. The summed E-state index contributed by atoms with van der Waals surface area (Å²) >= 11 is 0. The molecule has 0 bridgehead atoms. The Labute approximate surface area is 171 Å². The highest BCUT2D eigenvalue weighted by Crippen LogP contribution is 2.27. The minimum atomic E-state index is -0.474. The molecule has 0 fully saturated rings. The number of hydrogen-bond acceptors (Lipinski definition) is 6. The van der Waals surface area contributed by atoms with Crippen molar-refractivity contribution in [1.29, 1.82) is 5.26 Å². The van der Waals surface area contributed by atoms with Gasteiger partial charge in [0.1, 0.15) is 17.3 Å². The number of nitriles is 1. The lowest BCUT2D eigenvalue weighted by Crippen LogP contribution is -2.28. The van der Waals surface area contributed by atoms with Crippen molar-refractivity contribution < 1.29 is 9.47 Å². The van der Waals surface area contributed by atoms with Crippen LogP contribution in [0.1, 0.15) is 11.1 Å². The number of aromatic nitrogens is 3. The molecule has 0 aliphatic carbocycles. The second-order valence-corrected chi connectivity index (χ2v) is 6.65. The number of benzene rings is 1. The zero-order valence-corrected chi connectivity index (χ0v) is 16.5. The summed E-state index contributed by atoms with van der Waals surface area (Å²) in [6.07, 6.45) is 2.08. The van der Waals surface area contributed by atoms with Crippen LogP contribution < -0.4 is 20.6 Å². The van der Waals surface area contributed by atoms with Gasteiger partial charge in [-0.05, 0) is 42.3 Å². The number of nitrogens with zero attached hydrogens (tertiary/aromatic N) is 4. The molecule has 0 radical (unpaired) electrons. The summed E-state index contributed by atoms with van der Waals surface area (Å²) in [6.45, 7) is 0.246. The van der Waals surface area contributed by atoms with E-state index in [0.717, 1.165) is 5.56 Å². The number of fused-ring (bicyclic) bond motifs is 2. The maximum atomic E-state index is 12.9. The fourth-order valence-corrected chi connectivity index (χ4v) is 3.44. The number of methoxy groups -OCH3 is 2. The lowest BCUT2D eigenvalue weighted by atomic mass is 10.1.